The van der Waals surface area contributed by atoms with Gasteiger partial charge in [0.25, 0.3) is 11.8 Å². The monoisotopic (exact) mass is 402 g/mol. The molecule has 3 heterocycles. The predicted octanol–water partition coefficient (Wildman–Crippen LogP) is 4.47. The van der Waals surface area contributed by atoms with E-state index < -0.39 is 0 Å². The van der Waals surface area contributed by atoms with Crippen molar-refractivity contribution in [3.8, 4) is 0 Å². The van der Waals surface area contributed by atoms with Crippen LogP contribution in [0.1, 0.15) is 50.2 Å². The molecule has 0 bridgehead atoms. The van der Waals surface area contributed by atoms with Gasteiger partial charge in [0.1, 0.15) is 0 Å². The highest BCUT2D eigenvalue weighted by Gasteiger charge is 2.28. The van der Waals surface area contributed by atoms with Crippen molar-refractivity contribution in [3.63, 3.8) is 0 Å². The lowest BCUT2D eigenvalue weighted by atomic mass is 10.00. The molecule has 2 amide bonds. The molecule has 1 atom stereocenters. The van der Waals surface area contributed by atoms with E-state index in [1.165, 1.54) is 11.3 Å². The van der Waals surface area contributed by atoms with Gasteiger partial charge in [0.15, 0.2) is 0 Å². The molecule has 1 aromatic heterocycles. The SMILES string of the molecule is C[C@H]1CCCN(C(=O)c2cc3c(s2)CCN(C(=O)c2ccc(Cl)cc2)C3)C1. The van der Waals surface area contributed by atoms with Gasteiger partial charge in [-0.1, -0.05) is 18.5 Å². The summed E-state index contributed by atoms with van der Waals surface area (Å²) in [4.78, 5) is 31.5. The van der Waals surface area contributed by atoms with Gasteiger partial charge in [-0.25, -0.2) is 0 Å². The van der Waals surface area contributed by atoms with Gasteiger partial charge >= 0.3 is 0 Å². The van der Waals surface area contributed by atoms with E-state index in [2.05, 4.69) is 6.92 Å². The number of likely N-dealkylation sites (tertiary alicyclic amines) is 1. The van der Waals surface area contributed by atoms with Crippen molar-refractivity contribution in [1.82, 2.24) is 9.80 Å². The Kier molecular flexibility index (Phi) is 5.24. The molecule has 2 aromatic rings. The van der Waals surface area contributed by atoms with Crippen LogP contribution in [-0.2, 0) is 13.0 Å². The molecule has 0 radical (unpaired) electrons. The minimum atomic E-state index is 0.0150. The summed E-state index contributed by atoms with van der Waals surface area (Å²) in [6.07, 6.45) is 3.09. The maximum absolute atomic E-state index is 12.9. The molecular formula is C21H23ClN2O2S. The van der Waals surface area contributed by atoms with Crippen LogP contribution in [0.15, 0.2) is 30.3 Å². The average molecular weight is 403 g/mol. The summed E-state index contributed by atoms with van der Waals surface area (Å²) in [5.74, 6) is 0.738. The normalized spacial score (nSPS) is 19.7. The molecule has 0 N–H and O–H groups in total. The molecule has 4 rings (SSSR count). The lowest BCUT2D eigenvalue weighted by Crippen LogP contribution is -2.38. The van der Waals surface area contributed by atoms with Crippen molar-refractivity contribution in [3.05, 3.63) is 56.2 Å². The number of hydrogen-bond donors (Lipinski definition) is 0. The van der Waals surface area contributed by atoms with Crippen molar-refractivity contribution >= 4 is 34.8 Å². The Morgan fingerprint density at radius 3 is 2.63 bits per heavy atom. The van der Waals surface area contributed by atoms with E-state index in [-0.39, 0.29) is 11.8 Å². The maximum atomic E-state index is 12.9. The fourth-order valence-electron chi connectivity index (χ4n) is 3.92. The highest BCUT2D eigenvalue weighted by molar-refractivity contribution is 7.14. The van der Waals surface area contributed by atoms with Gasteiger partial charge in [0, 0.05) is 41.6 Å². The summed E-state index contributed by atoms with van der Waals surface area (Å²) in [6.45, 7) is 5.16. The molecule has 1 aromatic carbocycles. The molecule has 0 unspecified atom stereocenters. The average Bonchev–Trinajstić information content (AvgIpc) is 3.10. The molecule has 142 valence electrons. The number of hydrogen-bond acceptors (Lipinski definition) is 3. The van der Waals surface area contributed by atoms with Crippen LogP contribution in [0.2, 0.25) is 5.02 Å². The third-order valence-electron chi connectivity index (χ3n) is 5.40. The van der Waals surface area contributed by atoms with Crippen LogP contribution in [0.5, 0.6) is 0 Å². The van der Waals surface area contributed by atoms with Crippen LogP contribution in [-0.4, -0.2) is 41.2 Å². The molecule has 6 heteroatoms. The zero-order valence-corrected chi connectivity index (χ0v) is 17.0. The van der Waals surface area contributed by atoms with E-state index >= 15 is 0 Å². The predicted molar refractivity (Wildman–Crippen MR) is 109 cm³/mol. The Labute approximate surface area is 168 Å². The van der Waals surface area contributed by atoms with Gasteiger partial charge in [-0.05, 0) is 61.1 Å². The molecule has 0 spiro atoms. The standard InChI is InChI=1S/C21H23ClN2O2S/c1-14-3-2-9-23(12-14)21(26)19-11-16-13-24(10-8-18(16)27-19)20(25)15-4-6-17(22)7-5-15/h4-7,11,14H,2-3,8-10,12-13H2,1H3/t14-/m0/s1. The molecule has 0 saturated carbocycles. The Hall–Kier alpha value is -1.85. The highest BCUT2D eigenvalue weighted by atomic mass is 35.5. The quantitative estimate of drug-likeness (QED) is 0.743. The van der Waals surface area contributed by atoms with Gasteiger partial charge in [-0.3, -0.25) is 9.59 Å². The first-order valence-corrected chi connectivity index (χ1v) is 10.7. The largest absolute Gasteiger partial charge is 0.338 e. The van der Waals surface area contributed by atoms with Crippen LogP contribution in [0, 0.1) is 5.92 Å². The summed E-state index contributed by atoms with van der Waals surface area (Å²) in [5.41, 5.74) is 1.76. The van der Waals surface area contributed by atoms with Gasteiger partial charge in [0.2, 0.25) is 0 Å². The lowest BCUT2D eigenvalue weighted by Gasteiger charge is -2.30. The zero-order valence-electron chi connectivity index (χ0n) is 15.4. The Morgan fingerprint density at radius 2 is 1.89 bits per heavy atom. The van der Waals surface area contributed by atoms with Gasteiger partial charge < -0.3 is 9.80 Å². The smallest absolute Gasteiger partial charge is 0.263 e. The second kappa shape index (κ2) is 7.64. The first-order chi connectivity index (χ1) is 13.0. The molecule has 1 saturated heterocycles. The van der Waals surface area contributed by atoms with Gasteiger partial charge in [-0.15, -0.1) is 11.3 Å². The molecule has 0 aliphatic carbocycles. The number of thiophene rings is 1. The number of rotatable bonds is 2. The molecule has 2 aliphatic heterocycles. The number of carbonyl (C=O) groups is 2. The molecule has 4 nitrogen and oxygen atoms in total. The van der Waals surface area contributed by atoms with E-state index in [0.717, 1.165) is 36.4 Å². The first kappa shape index (κ1) is 18.5. The first-order valence-electron chi connectivity index (χ1n) is 9.47. The molecule has 2 aliphatic rings. The molecule has 1 fully saturated rings. The second-order valence-corrected chi connectivity index (χ2v) is 9.11. The number of amides is 2. The van der Waals surface area contributed by atoms with Gasteiger partial charge in [0.05, 0.1) is 4.88 Å². The molecular weight excluding hydrogens is 380 g/mol. The Morgan fingerprint density at radius 1 is 1.11 bits per heavy atom. The number of benzene rings is 1. The van der Waals surface area contributed by atoms with Crippen molar-refractivity contribution in [1.29, 1.82) is 0 Å². The summed E-state index contributed by atoms with van der Waals surface area (Å²) in [6, 6.07) is 9.01. The van der Waals surface area contributed by atoms with Gasteiger partial charge in [-0.2, -0.15) is 0 Å². The van der Waals surface area contributed by atoms with E-state index in [0.29, 0.717) is 29.6 Å². The van der Waals surface area contributed by atoms with E-state index in [4.69, 9.17) is 11.6 Å². The third-order valence-corrected chi connectivity index (χ3v) is 6.88. The number of carbonyl (C=O) groups excluding carboxylic acids is 2. The maximum Gasteiger partial charge on any atom is 0.263 e. The van der Waals surface area contributed by atoms with E-state index in [1.807, 2.05) is 15.9 Å². The van der Waals surface area contributed by atoms with E-state index in [1.54, 1.807) is 35.6 Å². The number of nitrogens with zero attached hydrogens (tertiary/aromatic N) is 2. The zero-order chi connectivity index (χ0) is 19.0. The van der Waals surface area contributed by atoms with Crippen molar-refractivity contribution in [2.24, 2.45) is 5.92 Å². The van der Waals surface area contributed by atoms with Crippen LogP contribution in [0.4, 0.5) is 0 Å². The lowest BCUT2D eigenvalue weighted by molar-refractivity contribution is 0.0687. The minimum absolute atomic E-state index is 0.0150. The number of piperidine rings is 1. The summed E-state index contributed by atoms with van der Waals surface area (Å²) in [5, 5.41) is 0.625. The fourth-order valence-corrected chi connectivity index (χ4v) is 5.17. The topological polar surface area (TPSA) is 40.6 Å². The Bertz CT molecular complexity index is 862. The number of fused-ring (bicyclic) bond motifs is 1. The second-order valence-electron chi connectivity index (χ2n) is 7.54. The highest BCUT2D eigenvalue weighted by Crippen LogP contribution is 2.30. The Balaban J connectivity index is 1.48. The van der Waals surface area contributed by atoms with Crippen molar-refractivity contribution < 1.29 is 9.59 Å². The number of halogens is 1. The third kappa shape index (κ3) is 3.90. The van der Waals surface area contributed by atoms with Crippen LogP contribution >= 0.6 is 22.9 Å². The van der Waals surface area contributed by atoms with Crippen LogP contribution < -0.4 is 0 Å². The fraction of sp³-hybridized carbons (Fsp3) is 0.429. The minimum Gasteiger partial charge on any atom is -0.338 e. The van der Waals surface area contributed by atoms with Crippen LogP contribution in [0.25, 0.3) is 0 Å². The van der Waals surface area contributed by atoms with Crippen molar-refractivity contribution in [2.45, 2.75) is 32.7 Å². The summed E-state index contributed by atoms with van der Waals surface area (Å²) >= 11 is 7.52. The molecule has 27 heavy (non-hydrogen) atoms. The van der Waals surface area contributed by atoms with Crippen LogP contribution in [0.3, 0.4) is 0 Å². The van der Waals surface area contributed by atoms with Crippen molar-refractivity contribution in [2.75, 3.05) is 19.6 Å². The summed E-state index contributed by atoms with van der Waals surface area (Å²) in [7, 11) is 0. The summed E-state index contributed by atoms with van der Waals surface area (Å²) < 4.78 is 0. The van der Waals surface area contributed by atoms with E-state index in [9.17, 15) is 9.59 Å².